The van der Waals surface area contributed by atoms with Crippen molar-refractivity contribution < 1.29 is 0 Å². The van der Waals surface area contributed by atoms with Gasteiger partial charge in [0.15, 0.2) is 0 Å². The minimum atomic E-state index is 0.455. The lowest BCUT2D eigenvalue weighted by Crippen LogP contribution is -1.82. The van der Waals surface area contributed by atoms with E-state index in [0.29, 0.717) is 15.2 Å². The molecule has 0 aliphatic rings. The van der Waals surface area contributed by atoms with Crippen LogP contribution in [-0.2, 0) is 0 Å². The predicted octanol–water partition coefficient (Wildman–Crippen LogP) is 4.71. The van der Waals surface area contributed by atoms with Crippen LogP contribution in [0.5, 0.6) is 0 Å². The Bertz CT molecular complexity index is 480. The van der Waals surface area contributed by atoms with E-state index < -0.39 is 0 Å². The molecule has 15 heavy (non-hydrogen) atoms. The van der Waals surface area contributed by atoms with E-state index in [-0.39, 0.29) is 0 Å². The lowest BCUT2D eigenvalue weighted by atomic mass is 10.1. The van der Waals surface area contributed by atoms with E-state index in [1.807, 2.05) is 18.2 Å². The molecule has 0 saturated heterocycles. The summed E-state index contributed by atoms with van der Waals surface area (Å²) < 4.78 is 0. The third-order valence-corrected chi connectivity index (χ3v) is 3.03. The highest BCUT2D eigenvalue weighted by Gasteiger charge is 2.06. The SMILES string of the molecule is Clc1ccc(-c2cccc(Cl)c2Cl)cn1. The number of nitrogens with zero attached hydrogens (tertiary/aromatic N) is 1. The van der Waals surface area contributed by atoms with Gasteiger partial charge < -0.3 is 0 Å². The number of rotatable bonds is 1. The van der Waals surface area contributed by atoms with Crippen molar-refractivity contribution in [2.45, 2.75) is 0 Å². The van der Waals surface area contributed by atoms with Crippen molar-refractivity contribution in [2.75, 3.05) is 0 Å². The van der Waals surface area contributed by atoms with Crippen LogP contribution in [0.2, 0.25) is 15.2 Å². The number of benzene rings is 1. The van der Waals surface area contributed by atoms with Crippen LogP contribution in [0.4, 0.5) is 0 Å². The Hall–Kier alpha value is -0.760. The molecule has 0 aliphatic heterocycles. The van der Waals surface area contributed by atoms with Crippen LogP contribution in [0, 0.1) is 0 Å². The van der Waals surface area contributed by atoms with Crippen molar-refractivity contribution in [1.29, 1.82) is 0 Å². The first kappa shape index (κ1) is 10.7. The number of hydrogen-bond donors (Lipinski definition) is 0. The van der Waals surface area contributed by atoms with Crippen LogP contribution in [0.1, 0.15) is 0 Å². The standard InChI is InChI=1S/C11H6Cl3N/c12-9-3-1-2-8(11(9)14)7-4-5-10(13)15-6-7/h1-6H. The van der Waals surface area contributed by atoms with Gasteiger partial charge >= 0.3 is 0 Å². The molecule has 0 spiro atoms. The summed E-state index contributed by atoms with van der Waals surface area (Å²) in [5.41, 5.74) is 1.75. The minimum Gasteiger partial charge on any atom is -0.244 e. The molecular formula is C11H6Cl3N. The molecule has 2 aromatic rings. The zero-order valence-electron chi connectivity index (χ0n) is 7.55. The smallest absolute Gasteiger partial charge is 0.129 e. The summed E-state index contributed by atoms with van der Waals surface area (Å²) in [5, 5.41) is 1.52. The van der Waals surface area contributed by atoms with Crippen LogP contribution >= 0.6 is 34.8 Å². The van der Waals surface area contributed by atoms with Gasteiger partial charge in [0.25, 0.3) is 0 Å². The van der Waals surface area contributed by atoms with Crippen molar-refractivity contribution in [3.63, 3.8) is 0 Å². The Balaban J connectivity index is 2.54. The minimum absolute atomic E-state index is 0.455. The van der Waals surface area contributed by atoms with Gasteiger partial charge in [-0.25, -0.2) is 4.98 Å². The molecule has 2 rings (SSSR count). The van der Waals surface area contributed by atoms with E-state index in [4.69, 9.17) is 34.8 Å². The molecule has 1 aromatic carbocycles. The highest BCUT2D eigenvalue weighted by Crippen LogP contribution is 2.33. The molecule has 1 nitrogen and oxygen atoms in total. The number of aromatic nitrogens is 1. The summed E-state index contributed by atoms with van der Waals surface area (Å²) in [5.74, 6) is 0. The summed E-state index contributed by atoms with van der Waals surface area (Å²) in [6.45, 7) is 0. The third kappa shape index (κ3) is 2.25. The first-order chi connectivity index (χ1) is 7.18. The summed E-state index contributed by atoms with van der Waals surface area (Å²) in [4.78, 5) is 3.99. The topological polar surface area (TPSA) is 12.9 Å². The fraction of sp³-hybridized carbons (Fsp3) is 0. The molecule has 0 saturated carbocycles. The second-order valence-corrected chi connectivity index (χ2v) is 4.14. The van der Waals surface area contributed by atoms with Gasteiger partial charge in [-0.1, -0.05) is 46.9 Å². The van der Waals surface area contributed by atoms with E-state index in [1.165, 1.54) is 0 Å². The van der Waals surface area contributed by atoms with Crippen LogP contribution in [0.3, 0.4) is 0 Å². The van der Waals surface area contributed by atoms with E-state index in [0.717, 1.165) is 11.1 Å². The van der Waals surface area contributed by atoms with Crippen LogP contribution in [0.15, 0.2) is 36.5 Å². The lowest BCUT2D eigenvalue weighted by molar-refractivity contribution is 1.33. The highest BCUT2D eigenvalue weighted by atomic mass is 35.5. The molecule has 0 amide bonds. The number of halogens is 3. The van der Waals surface area contributed by atoms with E-state index in [9.17, 15) is 0 Å². The monoisotopic (exact) mass is 257 g/mol. The van der Waals surface area contributed by atoms with Crippen molar-refractivity contribution in [3.05, 3.63) is 51.7 Å². The summed E-state index contributed by atoms with van der Waals surface area (Å²) in [6, 6.07) is 9.05. The normalized spacial score (nSPS) is 10.3. The van der Waals surface area contributed by atoms with Gasteiger partial charge in [0.05, 0.1) is 10.0 Å². The average Bonchev–Trinajstić information content (AvgIpc) is 2.24. The van der Waals surface area contributed by atoms with Gasteiger partial charge in [0, 0.05) is 17.3 Å². The quantitative estimate of drug-likeness (QED) is 0.675. The average molecular weight is 259 g/mol. The third-order valence-electron chi connectivity index (χ3n) is 1.99. The van der Waals surface area contributed by atoms with E-state index >= 15 is 0 Å². The predicted molar refractivity (Wildman–Crippen MR) is 64.7 cm³/mol. The molecule has 0 aliphatic carbocycles. The Morgan fingerprint density at radius 2 is 1.73 bits per heavy atom. The van der Waals surface area contributed by atoms with Crippen LogP contribution < -0.4 is 0 Å². The zero-order chi connectivity index (χ0) is 10.8. The highest BCUT2D eigenvalue weighted by molar-refractivity contribution is 6.43. The maximum Gasteiger partial charge on any atom is 0.129 e. The maximum atomic E-state index is 6.07. The van der Waals surface area contributed by atoms with Crippen LogP contribution in [-0.4, -0.2) is 4.98 Å². The number of pyridine rings is 1. The molecule has 1 aromatic heterocycles. The molecule has 0 radical (unpaired) electrons. The van der Waals surface area contributed by atoms with Gasteiger partial charge in [-0.3, -0.25) is 0 Å². The van der Waals surface area contributed by atoms with Gasteiger partial charge in [-0.2, -0.15) is 0 Å². The Labute approximate surface area is 103 Å². The van der Waals surface area contributed by atoms with Gasteiger partial charge in [-0.15, -0.1) is 0 Å². The molecule has 0 atom stereocenters. The summed E-state index contributed by atoms with van der Waals surface area (Å²) >= 11 is 17.7. The largest absolute Gasteiger partial charge is 0.244 e. The second-order valence-electron chi connectivity index (χ2n) is 2.97. The molecule has 4 heteroatoms. The lowest BCUT2D eigenvalue weighted by Gasteiger charge is -2.05. The van der Waals surface area contributed by atoms with Crippen molar-refractivity contribution in [2.24, 2.45) is 0 Å². The van der Waals surface area contributed by atoms with Crippen LogP contribution in [0.25, 0.3) is 11.1 Å². The maximum absolute atomic E-state index is 6.07. The molecule has 76 valence electrons. The fourth-order valence-electron chi connectivity index (χ4n) is 1.26. The van der Waals surface area contributed by atoms with E-state index in [2.05, 4.69) is 4.98 Å². The summed E-state index contributed by atoms with van der Waals surface area (Å²) in [7, 11) is 0. The molecule has 0 bridgehead atoms. The Morgan fingerprint density at radius 3 is 2.40 bits per heavy atom. The molecule has 0 fully saturated rings. The molecule has 0 unspecified atom stereocenters. The van der Waals surface area contributed by atoms with Gasteiger partial charge in [0.1, 0.15) is 5.15 Å². The van der Waals surface area contributed by atoms with Gasteiger partial charge in [0.2, 0.25) is 0 Å². The Morgan fingerprint density at radius 1 is 0.933 bits per heavy atom. The fourth-order valence-corrected chi connectivity index (χ4v) is 1.78. The molecule has 1 heterocycles. The Kier molecular flexibility index (Phi) is 3.15. The first-order valence-electron chi connectivity index (χ1n) is 4.24. The van der Waals surface area contributed by atoms with E-state index in [1.54, 1.807) is 18.3 Å². The van der Waals surface area contributed by atoms with Crippen molar-refractivity contribution in [3.8, 4) is 11.1 Å². The molecular weight excluding hydrogens is 252 g/mol. The van der Waals surface area contributed by atoms with Gasteiger partial charge in [-0.05, 0) is 18.2 Å². The zero-order valence-corrected chi connectivity index (χ0v) is 9.81. The second kappa shape index (κ2) is 4.40. The summed E-state index contributed by atoms with van der Waals surface area (Å²) in [6.07, 6.45) is 1.67. The van der Waals surface area contributed by atoms with Crippen molar-refractivity contribution >= 4 is 34.8 Å². The first-order valence-corrected chi connectivity index (χ1v) is 5.38. The van der Waals surface area contributed by atoms with Crippen molar-refractivity contribution in [1.82, 2.24) is 4.98 Å². The molecule has 0 N–H and O–H groups in total. The number of hydrogen-bond acceptors (Lipinski definition) is 1.